The number of amides is 1. The Hall–Kier alpha value is -2.30. The Morgan fingerprint density at radius 1 is 1.37 bits per heavy atom. The minimum Gasteiger partial charge on any atom is -0.497 e. The number of carbonyl (C=O) groups excluding carboxylic acids is 1. The third kappa shape index (κ3) is 5.12. The summed E-state index contributed by atoms with van der Waals surface area (Å²) in [6.45, 7) is 2.20. The van der Waals surface area contributed by atoms with Gasteiger partial charge in [-0.3, -0.25) is 14.5 Å². The smallest absolute Gasteiger partial charge is 0.246 e. The molecule has 0 spiro atoms. The molecule has 1 aliphatic rings. The molecule has 2 heterocycles. The zero-order chi connectivity index (χ0) is 18.5. The third-order valence-corrected chi connectivity index (χ3v) is 4.32. The molecule has 0 bridgehead atoms. The van der Waals surface area contributed by atoms with Crippen LogP contribution in [0.25, 0.3) is 0 Å². The van der Waals surface area contributed by atoms with E-state index in [-0.39, 0.29) is 36.4 Å². The quantitative estimate of drug-likeness (QED) is 0.405. The van der Waals surface area contributed by atoms with E-state index in [2.05, 4.69) is 15.4 Å². The molecule has 0 radical (unpaired) electrons. The van der Waals surface area contributed by atoms with Gasteiger partial charge in [-0.25, -0.2) is 0 Å². The van der Waals surface area contributed by atoms with Crippen LogP contribution in [0, 0.1) is 0 Å². The van der Waals surface area contributed by atoms with Crippen molar-refractivity contribution in [3.05, 3.63) is 42.2 Å². The van der Waals surface area contributed by atoms with Crippen molar-refractivity contribution in [2.75, 3.05) is 38.7 Å². The van der Waals surface area contributed by atoms with Crippen LogP contribution in [0.1, 0.15) is 5.56 Å². The summed E-state index contributed by atoms with van der Waals surface area (Å²) in [5.41, 5.74) is 1.92. The third-order valence-electron chi connectivity index (χ3n) is 4.32. The molecule has 1 aromatic heterocycles. The Morgan fingerprint density at radius 2 is 2.19 bits per heavy atom. The highest BCUT2D eigenvalue weighted by atomic mass is 127. The average molecular weight is 484 g/mol. The van der Waals surface area contributed by atoms with Crippen molar-refractivity contribution in [1.29, 1.82) is 0 Å². The fourth-order valence-corrected chi connectivity index (χ4v) is 2.97. The molecule has 1 aliphatic heterocycles. The van der Waals surface area contributed by atoms with Gasteiger partial charge in [-0.05, 0) is 17.7 Å². The van der Waals surface area contributed by atoms with Crippen LogP contribution >= 0.6 is 24.0 Å². The Bertz CT molecular complexity index is 807. The fourth-order valence-electron chi connectivity index (χ4n) is 2.97. The number of hydrogen-bond acceptors (Lipinski definition) is 4. The minimum atomic E-state index is 0. The monoisotopic (exact) mass is 484 g/mol. The van der Waals surface area contributed by atoms with Gasteiger partial charge in [0.1, 0.15) is 12.3 Å². The second-order valence-corrected chi connectivity index (χ2v) is 6.09. The number of anilines is 1. The molecule has 0 aliphatic carbocycles. The highest BCUT2D eigenvalue weighted by molar-refractivity contribution is 14.0. The molecule has 1 aromatic carbocycles. The number of nitrogens with one attached hydrogen (secondary N) is 1. The summed E-state index contributed by atoms with van der Waals surface area (Å²) in [5.74, 6) is 1.57. The first kappa shape index (κ1) is 21.0. The summed E-state index contributed by atoms with van der Waals surface area (Å²) in [5, 5.41) is 7.46. The van der Waals surface area contributed by atoms with Crippen LogP contribution in [0.3, 0.4) is 0 Å². The zero-order valence-corrected chi connectivity index (χ0v) is 18.1. The van der Waals surface area contributed by atoms with Crippen molar-refractivity contribution in [2.45, 2.75) is 6.54 Å². The van der Waals surface area contributed by atoms with Gasteiger partial charge in [0.2, 0.25) is 5.91 Å². The normalized spacial score (nSPS) is 14.8. The first-order chi connectivity index (χ1) is 12.6. The molecule has 1 fully saturated rings. The molecule has 27 heavy (non-hydrogen) atoms. The van der Waals surface area contributed by atoms with E-state index in [1.54, 1.807) is 29.9 Å². The number of rotatable bonds is 4. The molecule has 0 saturated carbocycles. The summed E-state index contributed by atoms with van der Waals surface area (Å²) in [7, 11) is 5.22. The molecule has 1 N–H and O–H groups in total. The van der Waals surface area contributed by atoms with E-state index in [9.17, 15) is 4.79 Å². The standard InChI is InChI=1S/C18H24N6O2.HI/c1-19-18(20-10-14-5-4-6-16(9-14)26-3)23-7-8-24(17(25)13-23)15-11-21-22(2)12-15;/h4-6,9,11-12H,7-8,10,13H2,1-3H3,(H,19,20);1H. The molecule has 1 amide bonds. The van der Waals surface area contributed by atoms with Crippen molar-refractivity contribution in [1.82, 2.24) is 20.0 Å². The van der Waals surface area contributed by atoms with Crippen molar-refractivity contribution in [2.24, 2.45) is 12.0 Å². The van der Waals surface area contributed by atoms with E-state index in [4.69, 9.17) is 4.74 Å². The van der Waals surface area contributed by atoms with Crippen LogP contribution in [0.15, 0.2) is 41.7 Å². The van der Waals surface area contributed by atoms with Gasteiger partial charge in [0, 0.05) is 39.9 Å². The van der Waals surface area contributed by atoms with Crippen LogP contribution in [0.4, 0.5) is 5.69 Å². The largest absolute Gasteiger partial charge is 0.497 e. The first-order valence-corrected chi connectivity index (χ1v) is 8.48. The molecule has 0 unspecified atom stereocenters. The number of aliphatic imine (C=N–C) groups is 1. The highest BCUT2D eigenvalue weighted by Gasteiger charge is 2.27. The molecule has 146 valence electrons. The lowest BCUT2D eigenvalue weighted by atomic mass is 10.2. The lowest BCUT2D eigenvalue weighted by molar-refractivity contribution is -0.120. The van der Waals surface area contributed by atoms with Gasteiger partial charge in [0.25, 0.3) is 0 Å². The van der Waals surface area contributed by atoms with Gasteiger partial charge < -0.3 is 19.9 Å². The Balaban J connectivity index is 0.00000261. The van der Waals surface area contributed by atoms with Gasteiger partial charge in [-0.2, -0.15) is 5.10 Å². The second-order valence-electron chi connectivity index (χ2n) is 6.09. The van der Waals surface area contributed by atoms with E-state index >= 15 is 0 Å². The molecule has 8 nitrogen and oxygen atoms in total. The molecule has 2 aromatic rings. The number of carbonyl (C=O) groups is 1. The van der Waals surface area contributed by atoms with Crippen molar-refractivity contribution >= 4 is 41.5 Å². The summed E-state index contributed by atoms with van der Waals surface area (Å²) in [4.78, 5) is 20.6. The SMILES string of the molecule is CN=C(NCc1cccc(OC)c1)N1CCN(c2cnn(C)c2)C(=O)C1.I. The number of benzene rings is 1. The van der Waals surface area contributed by atoms with E-state index in [0.29, 0.717) is 25.6 Å². The van der Waals surface area contributed by atoms with Crippen molar-refractivity contribution < 1.29 is 9.53 Å². The number of halogens is 1. The number of aryl methyl sites for hydroxylation is 1. The summed E-state index contributed by atoms with van der Waals surface area (Å²) >= 11 is 0. The van der Waals surface area contributed by atoms with Gasteiger partial charge in [0.15, 0.2) is 5.96 Å². The zero-order valence-electron chi connectivity index (χ0n) is 15.8. The van der Waals surface area contributed by atoms with E-state index in [1.807, 2.05) is 42.4 Å². The number of guanidine groups is 1. The number of methoxy groups -OCH3 is 1. The second kappa shape index (κ2) is 9.58. The predicted octanol–water partition coefficient (Wildman–Crippen LogP) is 1.47. The summed E-state index contributed by atoms with van der Waals surface area (Å²) in [6.07, 6.45) is 3.56. The van der Waals surface area contributed by atoms with Gasteiger partial charge in [-0.1, -0.05) is 12.1 Å². The van der Waals surface area contributed by atoms with E-state index in [1.165, 1.54) is 0 Å². The number of nitrogens with zero attached hydrogens (tertiary/aromatic N) is 5. The predicted molar refractivity (Wildman–Crippen MR) is 116 cm³/mol. The summed E-state index contributed by atoms with van der Waals surface area (Å²) in [6, 6.07) is 7.86. The van der Waals surface area contributed by atoms with Crippen molar-refractivity contribution in [3.63, 3.8) is 0 Å². The van der Waals surface area contributed by atoms with Gasteiger partial charge in [0.05, 0.1) is 19.0 Å². The van der Waals surface area contributed by atoms with Crippen LogP contribution < -0.4 is 15.0 Å². The maximum Gasteiger partial charge on any atom is 0.246 e. The lowest BCUT2D eigenvalue weighted by Gasteiger charge is -2.35. The maximum atomic E-state index is 12.5. The number of ether oxygens (including phenoxy) is 1. The lowest BCUT2D eigenvalue weighted by Crippen LogP contribution is -2.55. The van der Waals surface area contributed by atoms with Crippen LogP contribution in [-0.4, -0.2) is 60.3 Å². The van der Waals surface area contributed by atoms with Crippen LogP contribution in [0.2, 0.25) is 0 Å². The molecule has 0 atom stereocenters. The van der Waals surface area contributed by atoms with Crippen LogP contribution in [0.5, 0.6) is 5.75 Å². The molecule has 9 heteroatoms. The van der Waals surface area contributed by atoms with E-state index in [0.717, 1.165) is 17.0 Å². The Morgan fingerprint density at radius 3 is 2.81 bits per heavy atom. The van der Waals surface area contributed by atoms with Gasteiger partial charge >= 0.3 is 0 Å². The Labute approximate surface area is 176 Å². The van der Waals surface area contributed by atoms with E-state index < -0.39 is 0 Å². The molecular formula is C18H25IN6O2. The highest BCUT2D eigenvalue weighted by Crippen LogP contribution is 2.16. The summed E-state index contributed by atoms with van der Waals surface area (Å²) < 4.78 is 6.95. The average Bonchev–Trinajstić information content (AvgIpc) is 3.08. The van der Waals surface area contributed by atoms with Crippen LogP contribution in [-0.2, 0) is 18.4 Å². The first-order valence-electron chi connectivity index (χ1n) is 8.48. The molecular weight excluding hydrogens is 459 g/mol. The van der Waals surface area contributed by atoms with Crippen molar-refractivity contribution in [3.8, 4) is 5.75 Å². The molecule has 3 rings (SSSR count). The number of aromatic nitrogens is 2. The number of hydrogen-bond donors (Lipinski definition) is 1. The molecule has 1 saturated heterocycles. The van der Waals surface area contributed by atoms with Gasteiger partial charge in [-0.15, -0.1) is 24.0 Å². The topological polar surface area (TPSA) is 75.0 Å². The minimum absolute atomic E-state index is 0. The fraction of sp³-hybridized carbons (Fsp3) is 0.389. The Kier molecular flexibility index (Phi) is 7.45. The maximum absolute atomic E-state index is 12.5. The number of piperazine rings is 1.